The Hall–Kier alpha value is -1.34. The molecule has 2 rings (SSSR count). The Morgan fingerprint density at radius 3 is 2.68 bits per heavy atom. The quantitative estimate of drug-likeness (QED) is 0.936. The Bertz CT molecular complexity index is 565. The zero-order valence-electron chi connectivity index (χ0n) is 9.73. The van der Waals surface area contributed by atoms with Crippen molar-refractivity contribution < 1.29 is 13.2 Å². The van der Waals surface area contributed by atoms with Crippen LogP contribution in [-0.4, -0.2) is 16.0 Å². The fourth-order valence-electron chi connectivity index (χ4n) is 1.70. The lowest BCUT2D eigenvalue weighted by Crippen LogP contribution is -2.18. The van der Waals surface area contributed by atoms with Crippen LogP contribution < -0.4 is 5.73 Å². The van der Waals surface area contributed by atoms with E-state index < -0.39 is 18.8 Å². The molecule has 0 radical (unpaired) electrons. The molecular weight excluding hydrogens is 323 g/mol. The van der Waals surface area contributed by atoms with Crippen LogP contribution in [-0.2, 0) is 6.54 Å². The Morgan fingerprint density at radius 2 is 2.05 bits per heavy atom. The van der Waals surface area contributed by atoms with Gasteiger partial charge in [0.25, 0.3) is 0 Å². The van der Waals surface area contributed by atoms with Crippen LogP contribution in [0.4, 0.5) is 13.2 Å². The number of rotatable bonds is 3. The summed E-state index contributed by atoms with van der Waals surface area (Å²) >= 11 is 3.32. The van der Waals surface area contributed by atoms with E-state index in [1.165, 1.54) is 12.4 Å². The highest BCUT2D eigenvalue weighted by atomic mass is 79.9. The molecule has 0 bridgehead atoms. The molecule has 0 saturated heterocycles. The van der Waals surface area contributed by atoms with E-state index in [-0.39, 0.29) is 0 Å². The van der Waals surface area contributed by atoms with Gasteiger partial charge in [0.1, 0.15) is 6.54 Å². The zero-order valence-corrected chi connectivity index (χ0v) is 11.3. The second-order valence-corrected chi connectivity index (χ2v) is 5.03. The van der Waals surface area contributed by atoms with Crippen LogP contribution in [0.5, 0.6) is 0 Å². The van der Waals surface area contributed by atoms with Gasteiger partial charge in [-0.15, -0.1) is 0 Å². The summed E-state index contributed by atoms with van der Waals surface area (Å²) in [6.45, 7) is -1.11. The summed E-state index contributed by atoms with van der Waals surface area (Å²) in [5, 5.41) is 3.68. The molecule has 0 aliphatic heterocycles. The van der Waals surface area contributed by atoms with Crippen molar-refractivity contribution in [2.45, 2.75) is 18.8 Å². The van der Waals surface area contributed by atoms with Crippen molar-refractivity contribution in [1.82, 2.24) is 9.78 Å². The second kappa shape index (κ2) is 5.34. The highest BCUT2D eigenvalue weighted by molar-refractivity contribution is 9.10. The number of benzene rings is 1. The Morgan fingerprint density at radius 1 is 1.32 bits per heavy atom. The largest absolute Gasteiger partial charge is 0.408 e. The summed E-state index contributed by atoms with van der Waals surface area (Å²) in [7, 11) is 0. The maximum Gasteiger partial charge on any atom is 0.408 e. The molecule has 19 heavy (non-hydrogen) atoms. The number of hydrogen-bond acceptors (Lipinski definition) is 2. The van der Waals surface area contributed by atoms with E-state index in [1.54, 1.807) is 0 Å². The number of hydrogen-bond donors (Lipinski definition) is 1. The van der Waals surface area contributed by atoms with E-state index in [2.05, 4.69) is 21.0 Å². The molecule has 7 heteroatoms. The minimum atomic E-state index is -4.29. The first-order valence-corrected chi connectivity index (χ1v) is 6.24. The van der Waals surface area contributed by atoms with Crippen LogP contribution in [0, 0.1) is 0 Å². The molecule has 0 spiro atoms. The fraction of sp³-hybridized carbons (Fsp3) is 0.250. The van der Waals surface area contributed by atoms with Gasteiger partial charge in [0.2, 0.25) is 0 Å². The summed E-state index contributed by atoms with van der Waals surface area (Å²) in [4.78, 5) is 0. The number of halogens is 4. The van der Waals surface area contributed by atoms with Crippen LogP contribution in [0.2, 0.25) is 0 Å². The van der Waals surface area contributed by atoms with Gasteiger partial charge < -0.3 is 5.73 Å². The third-order valence-electron chi connectivity index (χ3n) is 2.56. The van der Waals surface area contributed by atoms with Gasteiger partial charge in [0, 0.05) is 16.2 Å². The Kier molecular flexibility index (Phi) is 3.96. The highest BCUT2D eigenvalue weighted by Gasteiger charge is 2.28. The van der Waals surface area contributed by atoms with Crippen LogP contribution in [0.15, 0.2) is 41.1 Å². The molecule has 1 heterocycles. The molecule has 102 valence electrons. The SMILES string of the molecule is NC(c1cccc(Br)c1)c1cnn(CC(F)(F)F)c1. The predicted octanol–water partition coefficient (Wildman–Crippen LogP) is 3.26. The summed E-state index contributed by atoms with van der Waals surface area (Å²) in [6, 6.07) is 6.81. The first-order chi connectivity index (χ1) is 8.85. The number of nitrogens with zero attached hydrogens (tertiary/aromatic N) is 2. The van der Waals surface area contributed by atoms with Gasteiger partial charge in [-0.2, -0.15) is 18.3 Å². The van der Waals surface area contributed by atoms with Gasteiger partial charge >= 0.3 is 6.18 Å². The van der Waals surface area contributed by atoms with Crippen LogP contribution in [0.3, 0.4) is 0 Å². The van der Waals surface area contributed by atoms with Gasteiger partial charge in [0.05, 0.1) is 12.2 Å². The van der Waals surface area contributed by atoms with Crippen molar-refractivity contribution in [1.29, 1.82) is 0 Å². The highest BCUT2D eigenvalue weighted by Crippen LogP contribution is 2.23. The van der Waals surface area contributed by atoms with Crippen molar-refractivity contribution in [3.63, 3.8) is 0 Å². The van der Waals surface area contributed by atoms with E-state index in [4.69, 9.17) is 5.73 Å². The second-order valence-electron chi connectivity index (χ2n) is 4.12. The smallest absolute Gasteiger partial charge is 0.320 e. The molecule has 0 aliphatic carbocycles. The molecule has 1 unspecified atom stereocenters. The summed E-state index contributed by atoms with van der Waals surface area (Å²) in [5.41, 5.74) is 7.36. The van der Waals surface area contributed by atoms with Crippen molar-refractivity contribution in [2.24, 2.45) is 5.73 Å². The molecule has 2 aromatic rings. The minimum Gasteiger partial charge on any atom is -0.320 e. The average Bonchev–Trinajstić information content (AvgIpc) is 2.74. The fourth-order valence-corrected chi connectivity index (χ4v) is 2.12. The maximum absolute atomic E-state index is 12.2. The molecule has 2 N–H and O–H groups in total. The lowest BCUT2D eigenvalue weighted by molar-refractivity contribution is -0.142. The van der Waals surface area contributed by atoms with E-state index >= 15 is 0 Å². The van der Waals surface area contributed by atoms with Crippen molar-refractivity contribution in [3.8, 4) is 0 Å². The molecule has 1 aromatic heterocycles. The first-order valence-electron chi connectivity index (χ1n) is 5.45. The Labute approximate surface area is 116 Å². The number of alkyl halides is 3. The number of aromatic nitrogens is 2. The van der Waals surface area contributed by atoms with Gasteiger partial charge in [-0.05, 0) is 17.7 Å². The van der Waals surface area contributed by atoms with Crippen molar-refractivity contribution in [3.05, 3.63) is 52.3 Å². The summed E-state index contributed by atoms with van der Waals surface area (Å²) < 4.78 is 38.4. The van der Waals surface area contributed by atoms with E-state index in [0.717, 1.165) is 14.7 Å². The normalized spacial score (nSPS) is 13.5. The maximum atomic E-state index is 12.2. The molecule has 3 nitrogen and oxygen atoms in total. The van der Waals surface area contributed by atoms with Crippen LogP contribution >= 0.6 is 15.9 Å². The van der Waals surface area contributed by atoms with Crippen molar-refractivity contribution in [2.75, 3.05) is 0 Å². The third kappa shape index (κ3) is 3.81. The molecule has 0 amide bonds. The van der Waals surface area contributed by atoms with Crippen LogP contribution in [0.25, 0.3) is 0 Å². The molecule has 0 fully saturated rings. The van der Waals surface area contributed by atoms with Gasteiger partial charge in [-0.25, -0.2) is 0 Å². The van der Waals surface area contributed by atoms with Gasteiger partial charge in [0.15, 0.2) is 0 Å². The van der Waals surface area contributed by atoms with E-state index in [9.17, 15) is 13.2 Å². The Balaban J connectivity index is 2.18. The van der Waals surface area contributed by atoms with Crippen molar-refractivity contribution >= 4 is 15.9 Å². The molecule has 0 aliphatic rings. The molecule has 1 aromatic carbocycles. The molecule has 1 atom stereocenters. The first kappa shape index (κ1) is 14.1. The zero-order chi connectivity index (χ0) is 14.0. The topological polar surface area (TPSA) is 43.8 Å². The molecular formula is C12H11BrF3N3. The lowest BCUT2D eigenvalue weighted by atomic mass is 10.0. The monoisotopic (exact) mass is 333 g/mol. The lowest BCUT2D eigenvalue weighted by Gasteiger charge is -2.10. The summed E-state index contributed by atoms with van der Waals surface area (Å²) in [5.74, 6) is 0. The summed E-state index contributed by atoms with van der Waals surface area (Å²) in [6.07, 6.45) is -1.61. The van der Waals surface area contributed by atoms with Crippen LogP contribution in [0.1, 0.15) is 17.2 Å². The van der Waals surface area contributed by atoms with E-state index in [0.29, 0.717) is 5.56 Å². The minimum absolute atomic E-state index is 0.500. The average molecular weight is 334 g/mol. The number of nitrogens with two attached hydrogens (primary N) is 1. The third-order valence-corrected chi connectivity index (χ3v) is 3.05. The van der Waals surface area contributed by atoms with Gasteiger partial charge in [-0.3, -0.25) is 4.68 Å². The predicted molar refractivity (Wildman–Crippen MR) is 68.5 cm³/mol. The van der Waals surface area contributed by atoms with Gasteiger partial charge in [-0.1, -0.05) is 28.1 Å². The molecule has 0 saturated carbocycles. The van der Waals surface area contributed by atoms with E-state index in [1.807, 2.05) is 24.3 Å². The standard InChI is InChI=1S/C12H11BrF3N3/c13-10-3-1-2-8(4-10)11(17)9-5-18-19(6-9)7-12(14,15)16/h1-6,11H,7,17H2.